The Kier molecular flexibility index (Phi) is 2.76. The molecule has 0 fully saturated rings. The minimum Gasteiger partial charge on any atom is -0.422 e. The summed E-state index contributed by atoms with van der Waals surface area (Å²) in [6.45, 7) is 1.90. The van der Waals surface area contributed by atoms with Crippen molar-refractivity contribution in [1.29, 1.82) is 0 Å². The average molecular weight is 282 g/mol. The Labute approximate surface area is 102 Å². The van der Waals surface area contributed by atoms with Gasteiger partial charge < -0.3 is 9.32 Å². The summed E-state index contributed by atoms with van der Waals surface area (Å²) in [4.78, 5) is 13.5. The van der Waals surface area contributed by atoms with Gasteiger partial charge in [0.2, 0.25) is 0 Å². The van der Waals surface area contributed by atoms with E-state index in [4.69, 9.17) is 4.42 Å². The molecule has 1 aromatic carbocycles. The van der Waals surface area contributed by atoms with Crippen LogP contribution in [0.1, 0.15) is 5.56 Å². The van der Waals surface area contributed by atoms with Crippen LogP contribution in [0.2, 0.25) is 0 Å². The highest BCUT2D eigenvalue weighted by Crippen LogP contribution is 2.25. The molecule has 0 saturated heterocycles. The van der Waals surface area contributed by atoms with E-state index in [0.29, 0.717) is 10.1 Å². The normalized spacial score (nSPS) is 10.8. The molecule has 2 aromatic rings. The maximum absolute atomic E-state index is 11.5. The first-order valence-electron chi connectivity index (χ1n) is 4.91. The molecule has 0 aliphatic heterocycles. The molecule has 3 nitrogen and oxygen atoms in total. The van der Waals surface area contributed by atoms with Crippen LogP contribution in [0.15, 0.2) is 31.9 Å². The van der Waals surface area contributed by atoms with Crippen molar-refractivity contribution in [3.8, 4) is 0 Å². The van der Waals surface area contributed by atoms with Gasteiger partial charge in [-0.1, -0.05) is 0 Å². The third kappa shape index (κ3) is 1.73. The number of benzene rings is 1. The van der Waals surface area contributed by atoms with Crippen LogP contribution >= 0.6 is 15.9 Å². The first-order valence-corrected chi connectivity index (χ1v) is 5.70. The van der Waals surface area contributed by atoms with E-state index in [1.807, 2.05) is 44.1 Å². The molecule has 1 aromatic heterocycles. The van der Waals surface area contributed by atoms with Crippen molar-refractivity contribution in [2.24, 2.45) is 0 Å². The fourth-order valence-corrected chi connectivity index (χ4v) is 1.89. The summed E-state index contributed by atoms with van der Waals surface area (Å²) < 4.78 is 5.73. The summed E-state index contributed by atoms with van der Waals surface area (Å²) in [6, 6.07) is 5.84. The van der Waals surface area contributed by atoms with Crippen molar-refractivity contribution in [2.75, 3.05) is 19.0 Å². The van der Waals surface area contributed by atoms with E-state index in [1.54, 1.807) is 0 Å². The Balaban J connectivity index is 2.81. The topological polar surface area (TPSA) is 33.5 Å². The van der Waals surface area contributed by atoms with E-state index in [2.05, 4.69) is 15.9 Å². The Morgan fingerprint density at radius 2 is 2.00 bits per heavy atom. The van der Waals surface area contributed by atoms with Gasteiger partial charge in [0.1, 0.15) is 10.1 Å². The van der Waals surface area contributed by atoms with Crippen molar-refractivity contribution in [1.82, 2.24) is 0 Å². The predicted octanol–water partition coefficient (Wildman–Crippen LogP) is 2.93. The average Bonchev–Trinajstić information content (AvgIpc) is 2.25. The first-order chi connectivity index (χ1) is 7.50. The minimum absolute atomic E-state index is 0.332. The van der Waals surface area contributed by atoms with Crippen molar-refractivity contribution < 1.29 is 4.42 Å². The molecule has 4 heteroatoms. The predicted molar refractivity (Wildman–Crippen MR) is 69.2 cm³/mol. The first kappa shape index (κ1) is 11.2. The molecular formula is C12H12BrNO2. The standard InChI is InChI=1S/C12H12BrNO2/c1-7-9-5-4-8(14(2)3)6-10(9)16-12(15)11(7)13/h4-6H,1-3H3. The summed E-state index contributed by atoms with van der Waals surface area (Å²) in [5, 5.41) is 0.956. The van der Waals surface area contributed by atoms with E-state index < -0.39 is 0 Å². The van der Waals surface area contributed by atoms with Gasteiger partial charge in [-0.05, 0) is 40.5 Å². The van der Waals surface area contributed by atoms with Crippen LogP contribution in [-0.4, -0.2) is 14.1 Å². The minimum atomic E-state index is -0.332. The SMILES string of the molecule is Cc1c(Br)c(=O)oc2cc(N(C)C)ccc12. The molecule has 0 atom stereocenters. The maximum Gasteiger partial charge on any atom is 0.350 e. The van der Waals surface area contributed by atoms with Gasteiger partial charge in [-0.2, -0.15) is 0 Å². The van der Waals surface area contributed by atoms with Crippen molar-refractivity contribution in [3.63, 3.8) is 0 Å². The molecule has 0 spiro atoms. The van der Waals surface area contributed by atoms with Gasteiger partial charge in [0.05, 0.1) is 0 Å². The molecule has 0 saturated carbocycles. The van der Waals surface area contributed by atoms with E-state index in [0.717, 1.165) is 16.6 Å². The third-order valence-corrected chi connectivity index (χ3v) is 3.52. The molecule has 84 valence electrons. The lowest BCUT2D eigenvalue weighted by molar-refractivity contribution is 0.555. The molecule has 0 amide bonds. The lowest BCUT2D eigenvalue weighted by Crippen LogP contribution is -2.09. The summed E-state index contributed by atoms with van der Waals surface area (Å²) in [7, 11) is 3.90. The van der Waals surface area contributed by atoms with Crippen LogP contribution in [0.5, 0.6) is 0 Å². The Morgan fingerprint density at radius 3 is 2.62 bits per heavy atom. The van der Waals surface area contributed by atoms with Gasteiger partial charge in [-0.3, -0.25) is 0 Å². The van der Waals surface area contributed by atoms with E-state index in [1.165, 1.54) is 0 Å². The number of nitrogens with zero attached hydrogens (tertiary/aromatic N) is 1. The summed E-state index contributed by atoms with van der Waals surface area (Å²) in [6.07, 6.45) is 0. The fourth-order valence-electron chi connectivity index (χ4n) is 1.60. The monoisotopic (exact) mass is 281 g/mol. The van der Waals surface area contributed by atoms with Crippen LogP contribution < -0.4 is 10.5 Å². The van der Waals surface area contributed by atoms with Gasteiger partial charge in [0.25, 0.3) is 0 Å². The van der Waals surface area contributed by atoms with Gasteiger partial charge in [-0.15, -0.1) is 0 Å². The van der Waals surface area contributed by atoms with E-state index >= 15 is 0 Å². The molecular weight excluding hydrogens is 270 g/mol. The highest BCUT2D eigenvalue weighted by Gasteiger charge is 2.09. The number of anilines is 1. The lowest BCUT2D eigenvalue weighted by Gasteiger charge is -2.13. The Hall–Kier alpha value is -1.29. The molecule has 0 unspecified atom stereocenters. The number of hydrogen-bond donors (Lipinski definition) is 0. The molecule has 1 heterocycles. The van der Waals surface area contributed by atoms with Crippen LogP contribution in [0.25, 0.3) is 11.0 Å². The molecule has 0 N–H and O–H groups in total. The van der Waals surface area contributed by atoms with Crippen LogP contribution in [0.3, 0.4) is 0 Å². The Morgan fingerprint density at radius 1 is 1.31 bits per heavy atom. The smallest absolute Gasteiger partial charge is 0.350 e. The quantitative estimate of drug-likeness (QED) is 0.754. The second-order valence-electron chi connectivity index (χ2n) is 3.90. The highest BCUT2D eigenvalue weighted by molar-refractivity contribution is 9.10. The largest absolute Gasteiger partial charge is 0.422 e. The van der Waals surface area contributed by atoms with Crippen LogP contribution in [-0.2, 0) is 0 Å². The van der Waals surface area contributed by atoms with Crippen molar-refractivity contribution in [2.45, 2.75) is 6.92 Å². The zero-order chi connectivity index (χ0) is 11.9. The van der Waals surface area contributed by atoms with Gasteiger partial charge >= 0.3 is 5.63 Å². The van der Waals surface area contributed by atoms with Crippen molar-refractivity contribution in [3.05, 3.63) is 38.7 Å². The van der Waals surface area contributed by atoms with Gasteiger partial charge in [0, 0.05) is 31.2 Å². The number of halogens is 1. The van der Waals surface area contributed by atoms with Gasteiger partial charge in [0.15, 0.2) is 0 Å². The molecule has 0 radical (unpaired) electrons. The van der Waals surface area contributed by atoms with Crippen molar-refractivity contribution >= 4 is 32.6 Å². The zero-order valence-electron chi connectivity index (χ0n) is 9.37. The number of fused-ring (bicyclic) bond motifs is 1. The third-order valence-electron chi connectivity index (χ3n) is 2.60. The Bertz CT molecular complexity index is 602. The maximum atomic E-state index is 11.5. The highest BCUT2D eigenvalue weighted by atomic mass is 79.9. The number of rotatable bonds is 1. The molecule has 0 aliphatic rings. The fraction of sp³-hybridized carbons (Fsp3) is 0.250. The van der Waals surface area contributed by atoms with Crippen LogP contribution in [0.4, 0.5) is 5.69 Å². The van der Waals surface area contributed by atoms with E-state index in [-0.39, 0.29) is 5.63 Å². The molecule has 0 bridgehead atoms. The molecule has 0 aliphatic carbocycles. The number of aryl methyl sites for hydroxylation is 1. The molecule has 2 rings (SSSR count). The second-order valence-corrected chi connectivity index (χ2v) is 4.70. The summed E-state index contributed by atoms with van der Waals surface area (Å²) in [5.74, 6) is 0. The zero-order valence-corrected chi connectivity index (χ0v) is 11.0. The molecule has 16 heavy (non-hydrogen) atoms. The summed E-state index contributed by atoms with van der Waals surface area (Å²) >= 11 is 3.23. The summed E-state index contributed by atoms with van der Waals surface area (Å²) in [5.41, 5.74) is 2.21. The number of hydrogen-bond acceptors (Lipinski definition) is 3. The lowest BCUT2D eigenvalue weighted by atomic mass is 10.1. The van der Waals surface area contributed by atoms with E-state index in [9.17, 15) is 4.79 Å². The van der Waals surface area contributed by atoms with Gasteiger partial charge in [-0.25, -0.2) is 4.79 Å². The van der Waals surface area contributed by atoms with Crippen LogP contribution in [0, 0.1) is 6.92 Å². The second kappa shape index (κ2) is 3.94.